The van der Waals surface area contributed by atoms with Crippen molar-refractivity contribution in [2.75, 3.05) is 6.61 Å². The minimum Gasteiger partial charge on any atom is -0.494 e. The van der Waals surface area contributed by atoms with Crippen LogP contribution in [0.5, 0.6) is 5.75 Å². The molecule has 4 heteroatoms. The second kappa shape index (κ2) is 6.84. The molecule has 3 aromatic rings. The summed E-state index contributed by atoms with van der Waals surface area (Å²) in [6, 6.07) is 12.0. The van der Waals surface area contributed by atoms with Gasteiger partial charge in [-0.15, -0.1) is 0 Å². The normalized spacial score (nSPS) is 11.1. The van der Waals surface area contributed by atoms with E-state index in [0.29, 0.717) is 0 Å². The summed E-state index contributed by atoms with van der Waals surface area (Å²) in [6.45, 7) is 4.99. The molecule has 1 aromatic carbocycles. The largest absolute Gasteiger partial charge is 0.494 e. The average Bonchev–Trinajstić information content (AvgIpc) is 2.97. The van der Waals surface area contributed by atoms with Crippen LogP contribution in [0.15, 0.2) is 42.6 Å². The molecule has 4 nitrogen and oxygen atoms in total. The maximum atomic E-state index is 9.30. The van der Waals surface area contributed by atoms with Crippen LogP contribution in [0.25, 0.3) is 16.9 Å². The highest BCUT2D eigenvalue weighted by molar-refractivity contribution is 5.67. The van der Waals surface area contributed by atoms with Crippen LogP contribution in [0.2, 0.25) is 0 Å². The predicted molar refractivity (Wildman–Crippen MR) is 91.7 cm³/mol. The van der Waals surface area contributed by atoms with E-state index in [1.165, 1.54) is 5.69 Å². The Morgan fingerprint density at radius 3 is 2.57 bits per heavy atom. The predicted octanol–water partition coefficient (Wildman–Crippen LogP) is 3.84. The molecule has 0 radical (unpaired) electrons. The first kappa shape index (κ1) is 15.6. The summed E-state index contributed by atoms with van der Waals surface area (Å²) in [4.78, 5) is 4.77. The molecule has 120 valence electrons. The third kappa shape index (κ3) is 3.08. The fourth-order valence-corrected chi connectivity index (χ4v) is 2.73. The Bertz CT molecular complexity index is 791. The molecule has 1 N–H and O–H groups in total. The van der Waals surface area contributed by atoms with Crippen LogP contribution in [0.3, 0.4) is 0 Å². The number of fused-ring (bicyclic) bond motifs is 1. The van der Waals surface area contributed by atoms with Crippen LogP contribution in [0, 0.1) is 0 Å². The van der Waals surface area contributed by atoms with E-state index in [2.05, 4.69) is 30.4 Å². The average molecular weight is 310 g/mol. The minimum absolute atomic E-state index is 0.0314. The summed E-state index contributed by atoms with van der Waals surface area (Å²) >= 11 is 0. The first-order chi connectivity index (χ1) is 11.3. The number of aromatic nitrogens is 2. The van der Waals surface area contributed by atoms with Gasteiger partial charge in [0.25, 0.3) is 0 Å². The lowest BCUT2D eigenvalue weighted by atomic mass is 10.1. The molecular weight excluding hydrogens is 288 g/mol. The fourth-order valence-electron chi connectivity index (χ4n) is 2.73. The lowest BCUT2D eigenvalue weighted by Gasteiger charge is -2.06. The van der Waals surface area contributed by atoms with Gasteiger partial charge in [-0.05, 0) is 54.8 Å². The number of aryl methyl sites for hydroxylation is 1. The monoisotopic (exact) mass is 310 g/mol. The summed E-state index contributed by atoms with van der Waals surface area (Å²) in [5.41, 5.74) is 4.99. The van der Waals surface area contributed by atoms with E-state index in [9.17, 15) is 5.11 Å². The Morgan fingerprint density at radius 1 is 1.13 bits per heavy atom. The molecule has 23 heavy (non-hydrogen) atoms. The number of hydrogen-bond acceptors (Lipinski definition) is 3. The lowest BCUT2D eigenvalue weighted by molar-refractivity contribution is 0.282. The Balaban J connectivity index is 2.01. The van der Waals surface area contributed by atoms with E-state index in [-0.39, 0.29) is 6.61 Å². The van der Waals surface area contributed by atoms with Crippen LogP contribution in [-0.4, -0.2) is 21.1 Å². The Labute approximate surface area is 136 Å². The zero-order valence-electron chi connectivity index (χ0n) is 13.6. The van der Waals surface area contributed by atoms with Crippen LogP contribution in [0.1, 0.15) is 31.5 Å². The van der Waals surface area contributed by atoms with Crippen molar-refractivity contribution in [3.63, 3.8) is 0 Å². The highest BCUT2D eigenvalue weighted by Gasteiger charge is 2.13. The van der Waals surface area contributed by atoms with E-state index in [1.54, 1.807) is 0 Å². The van der Waals surface area contributed by atoms with Gasteiger partial charge in [-0.25, -0.2) is 4.98 Å². The number of aliphatic hydroxyl groups excluding tert-OH is 1. The molecule has 0 amide bonds. The number of imidazole rings is 1. The third-order valence-electron chi connectivity index (χ3n) is 3.91. The Hall–Kier alpha value is -2.33. The number of nitrogens with zero attached hydrogens (tertiary/aromatic N) is 2. The second-order valence-electron chi connectivity index (χ2n) is 5.55. The first-order valence-corrected chi connectivity index (χ1v) is 8.10. The summed E-state index contributed by atoms with van der Waals surface area (Å²) < 4.78 is 7.73. The number of hydrogen-bond donors (Lipinski definition) is 1. The van der Waals surface area contributed by atoms with Gasteiger partial charge in [-0.2, -0.15) is 0 Å². The molecule has 0 saturated carbocycles. The SMILES string of the molecule is CCCOc1ccc(-c2nc3cc(CO)ccn3c2CC)cc1. The molecule has 0 aliphatic carbocycles. The van der Waals surface area contributed by atoms with Gasteiger partial charge < -0.3 is 14.2 Å². The maximum absolute atomic E-state index is 9.30. The van der Waals surface area contributed by atoms with Crippen molar-refractivity contribution in [3.05, 3.63) is 53.9 Å². The second-order valence-corrected chi connectivity index (χ2v) is 5.55. The quantitative estimate of drug-likeness (QED) is 0.752. The highest BCUT2D eigenvalue weighted by Crippen LogP contribution is 2.27. The Morgan fingerprint density at radius 2 is 1.91 bits per heavy atom. The molecule has 0 bridgehead atoms. The van der Waals surface area contributed by atoms with Gasteiger partial charge in [0.2, 0.25) is 0 Å². The molecule has 2 heterocycles. The first-order valence-electron chi connectivity index (χ1n) is 8.10. The standard InChI is InChI=1S/C19H22N2O2/c1-3-11-23-16-7-5-15(6-8-16)19-17(4-2)21-10-9-14(13-22)12-18(21)20-19/h5-10,12,22H,3-4,11,13H2,1-2H3. The van der Waals surface area contributed by atoms with Gasteiger partial charge in [-0.1, -0.05) is 13.8 Å². The zero-order chi connectivity index (χ0) is 16.2. The molecule has 3 rings (SSSR count). The summed E-state index contributed by atoms with van der Waals surface area (Å²) in [5.74, 6) is 0.889. The molecule has 0 fully saturated rings. The smallest absolute Gasteiger partial charge is 0.138 e. The van der Waals surface area contributed by atoms with Crippen molar-refractivity contribution in [2.45, 2.75) is 33.3 Å². The zero-order valence-corrected chi connectivity index (χ0v) is 13.6. The highest BCUT2D eigenvalue weighted by atomic mass is 16.5. The van der Waals surface area contributed by atoms with Crippen molar-refractivity contribution in [3.8, 4) is 17.0 Å². The maximum Gasteiger partial charge on any atom is 0.138 e. The van der Waals surface area contributed by atoms with E-state index in [1.807, 2.05) is 30.5 Å². The van der Waals surface area contributed by atoms with Gasteiger partial charge >= 0.3 is 0 Å². The molecule has 0 atom stereocenters. The summed E-state index contributed by atoms with van der Waals surface area (Å²) in [6.07, 6.45) is 3.87. The number of benzene rings is 1. The van der Waals surface area contributed by atoms with Gasteiger partial charge in [0.1, 0.15) is 11.4 Å². The van der Waals surface area contributed by atoms with Gasteiger partial charge in [0.05, 0.1) is 24.6 Å². The van der Waals surface area contributed by atoms with Gasteiger partial charge in [0, 0.05) is 11.8 Å². The molecule has 0 spiro atoms. The fraction of sp³-hybridized carbons (Fsp3) is 0.316. The number of ether oxygens (including phenoxy) is 1. The number of aliphatic hydroxyl groups is 1. The number of pyridine rings is 1. The van der Waals surface area contributed by atoms with E-state index in [0.717, 1.165) is 47.7 Å². The van der Waals surface area contributed by atoms with E-state index >= 15 is 0 Å². The van der Waals surface area contributed by atoms with Crippen LogP contribution in [-0.2, 0) is 13.0 Å². The van der Waals surface area contributed by atoms with Crippen LogP contribution >= 0.6 is 0 Å². The minimum atomic E-state index is 0.0314. The van der Waals surface area contributed by atoms with Crippen LogP contribution < -0.4 is 4.74 Å². The molecule has 0 unspecified atom stereocenters. The van der Waals surface area contributed by atoms with Gasteiger partial charge in [0.15, 0.2) is 0 Å². The molecule has 0 saturated heterocycles. The molecule has 0 aliphatic rings. The van der Waals surface area contributed by atoms with Crippen molar-refractivity contribution in [2.24, 2.45) is 0 Å². The molecular formula is C19H22N2O2. The third-order valence-corrected chi connectivity index (χ3v) is 3.91. The van der Waals surface area contributed by atoms with E-state index < -0.39 is 0 Å². The summed E-state index contributed by atoms with van der Waals surface area (Å²) in [5, 5.41) is 9.30. The number of rotatable bonds is 6. The van der Waals surface area contributed by atoms with Gasteiger partial charge in [-0.3, -0.25) is 0 Å². The van der Waals surface area contributed by atoms with Crippen LogP contribution in [0.4, 0.5) is 0 Å². The van der Waals surface area contributed by atoms with Crippen molar-refractivity contribution in [1.82, 2.24) is 9.38 Å². The summed E-state index contributed by atoms with van der Waals surface area (Å²) in [7, 11) is 0. The topological polar surface area (TPSA) is 46.8 Å². The van der Waals surface area contributed by atoms with E-state index in [4.69, 9.17) is 9.72 Å². The van der Waals surface area contributed by atoms with Crippen molar-refractivity contribution >= 4 is 5.65 Å². The molecule has 0 aliphatic heterocycles. The Kier molecular flexibility index (Phi) is 4.63. The molecule has 2 aromatic heterocycles. The van der Waals surface area contributed by atoms with Crippen molar-refractivity contribution in [1.29, 1.82) is 0 Å². The van der Waals surface area contributed by atoms with Crippen molar-refractivity contribution < 1.29 is 9.84 Å². The lowest BCUT2D eigenvalue weighted by Crippen LogP contribution is -1.95.